The van der Waals surface area contributed by atoms with Crippen LogP contribution in [0.3, 0.4) is 0 Å². The summed E-state index contributed by atoms with van der Waals surface area (Å²) in [6, 6.07) is 0. The predicted molar refractivity (Wildman–Crippen MR) is 54.7 cm³/mol. The van der Waals surface area contributed by atoms with Crippen LogP contribution < -0.4 is 4.74 Å². The minimum Gasteiger partial charge on any atom is -0.496 e. The normalized spacial score (nSPS) is 10.9. The highest BCUT2D eigenvalue weighted by Crippen LogP contribution is 2.30. The van der Waals surface area contributed by atoms with Gasteiger partial charge < -0.3 is 4.74 Å². The number of aryl methyl sites for hydroxylation is 2. The Balaban J connectivity index is 2.92. The molecule has 2 rings (SSSR count). The number of aromatic nitrogens is 3. The molecule has 0 bridgehead atoms. The summed E-state index contributed by atoms with van der Waals surface area (Å²) in [5.41, 5.74) is 3.75. The van der Waals surface area contributed by atoms with E-state index in [1.54, 1.807) is 7.11 Å². The van der Waals surface area contributed by atoms with Crippen LogP contribution >= 0.6 is 0 Å². The zero-order valence-corrected chi connectivity index (χ0v) is 8.80. The third kappa shape index (κ3) is 1.07. The molecule has 2 aromatic heterocycles. The van der Waals surface area contributed by atoms with Crippen LogP contribution in [0.5, 0.6) is 5.75 Å². The number of methoxy groups -OCH3 is 1. The summed E-state index contributed by atoms with van der Waals surface area (Å²) in [6.07, 6.45) is 0. The van der Waals surface area contributed by atoms with Crippen molar-refractivity contribution in [2.24, 2.45) is 0 Å². The number of rotatable bonds is 1. The lowest BCUT2D eigenvalue weighted by atomic mass is 10.1. The average molecular weight is 191 g/mol. The number of hydrogen-bond donors (Lipinski definition) is 1. The van der Waals surface area contributed by atoms with Gasteiger partial charge in [-0.3, -0.25) is 5.10 Å². The Labute approximate surface area is 82.3 Å². The van der Waals surface area contributed by atoms with Crippen LogP contribution in [0.15, 0.2) is 0 Å². The Kier molecular flexibility index (Phi) is 1.91. The Bertz CT molecular complexity index is 488. The van der Waals surface area contributed by atoms with E-state index in [0.717, 1.165) is 33.7 Å². The zero-order chi connectivity index (χ0) is 10.3. The topological polar surface area (TPSA) is 50.8 Å². The van der Waals surface area contributed by atoms with Gasteiger partial charge in [0.05, 0.1) is 12.5 Å². The van der Waals surface area contributed by atoms with Gasteiger partial charge in [0.15, 0.2) is 5.65 Å². The molecule has 74 valence electrons. The van der Waals surface area contributed by atoms with Crippen molar-refractivity contribution in [3.63, 3.8) is 0 Å². The van der Waals surface area contributed by atoms with Crippen LogP contribution in [0.4, 0.5) is 0 Å². The van der Waals surface area contributed by atoms with Crippen molar-refractivity contribution in [3.8, 4) is 5.75 Å². The number of nitrogens with zero attached hydrogens (tertiary/aromatic N) is 2. The lowest BCUT2D eigenvalue weighted by Crippen LogP contribution is -1.94. The molecule has 4 nitrogen and oxygen atoms in total. The van der Waals surface area contributed by atoms with Crippen molar-refractivity contribution in [1.82, 2.24) is 15.2 Å². The molecule has 0 amide bonds. The molecule has 1 N–H and O–H groups in total. The van der Waals surface area contributed by atoms with Gasteiger partial charge in [-0.2, -0.15) is 5.10 Å². The fourth-order valence-electron chi connectivity index (χ4n) is 1.62. The standard InChI is InChI=1S/C10H13N3O/c1-5-6(2)11-10-8(9(5)14-4)7(3)12-13-10/h1-4H3,(H,11,12,13). The molecule has 0 unspecified atom stereocenters. The molecule has 2 aromatic rings. The molecule has 0 aliphatic carbocycles. The molecule has 0 spiro atoms. The first-order chi connectivity index (χ1) is 6.65. The summed E-state index contributed by atoms with van der Waals surface area (Å²) >= 11 is 0. The minimum atomic E-state index is 0.724. The average Bonchev–Trinajstić information content (AvgIpc) is 2.50. The number of aromatic amines is 1. The van der Waals surface area contributed by atoms with Gasteiger partial charge in [-0.05, 0) is 20.8 Å². The molecule has 0 aromatic carbocycles. The van der Waals surface area contributed by atoms with Crippen molar-refractivity contribution in [3.05, 3.63) is 17.0 Å². The largest absolute Gasteiger partial charge is 0.496 e. The van der Waals surface area contributed by atoms with Gasteiger partial charge in [0.2, 0.25) is 0 Å². The molecule has 0 aliphatic heterocycles. The molecule has 4 heteroatoms. The fourth-order valence-corrected chi connectivity index (χ4v) is 1.62. The second-order valence-electron chi connectivity index (χ2n) is 3.40. The van der Waals surface area contributed by atoms with Crippen LogP contribution in [-0.4, -0.2) is 22.3 Å². The number of nitrogens with one attached hydrogen (secondary N) is 1. The van der Waals surface area contributed by atoms with Gasteiger partial charge in [0, 0.05) is 17.0 Å². The van der Waals surface area contributed by atoms with E-state index in [0.29, 0.717) is 0 Å². The van der Waals surface area contributed by atoms with Crippen LogP contribution in [0.25, 0.3) is 11.0 Å². The van der Waals surface area contributed by atoms with Gasteiger partial charge in [0.1, 0.15) is 5.75 Å². The van der Waals surface area contributed by atoms with Gasteiger partial charge in [0.25, 0.3) is 0 Å². The van der Waals surface area contributed by atoms with Crippen molar-refractivity contribution in [1.29, 1.82) is 0 Å². The second-order valence-corrected chi connectivity index (χ2v) is 3.40. The van der Waals surface area contributed by atoms with Crippen LogP contribution in [-0.2, 0) is 0 Å². The highest BCUT2D eigenvalue weighted by Gasteiger charge is 2.13. The predicted octanol–water partition coefficient (Wildman–Crippen LogP) is 1.89. The third-order valence-corrected chi connectivity index (χ3v) is 2.52. The Morgan fingerprint density at radius 3 is 2.57 bits per heavy atom. The first kappa shape index (κ1) is 8.99. The van der Waals surface area contributed by atoms with Crippen molar-refractivity contribution >= 4 is 11.0 Å². The first-order valence-corrected chi connectivity index (χ1v) is 4.51. The number of pyridine rings is 1. The Morgan fingerprint density at radius 1 is 1.21 bits per heavy atom. The number of ether oxygens (including phenoxy) is 1. The highest BCUT2D eigenvalue weighted by molar-refractivity contribution is 5.86. The summed E-state index contributed by atoms with van der Waals surface area (Å²) in [6.45, 7) is 5.93. The van der Waals surface area contributed by atoms with E-state index >= 15 is 0 Å². The molecular formula is C10H13N3O. The Morgan fingerprint density at radius 2 is 1.93 bits per heavy atom. The maximum atomic E-state index is 5.38. The monoisotopic (exact) mass is 191 g/mol. The third-order valence-electron chi connectivity index (χ3n) is 2.52. The molecule has 0 radical (unpaired) electrons. The van der Waals surface area contributed by atoms with E-state index in [1.807, 2.05) is 20.8 Å². The number of H-pyrrole nitrogens is 1. The molecule has 2 heterocycles. The van der Waals surface area contributed by atoms with Crippen molar-refractivity contribution in [2.45, 2.75) is 20.8 Å². The first-order valence-electron chi connectivity index (χ1n) is 4.51. The smallest absolute Gasteiger partial charge is 0.185 e. The highest BCUT2D eigenvalue weighted by atomic mass is 16.5. The van der Waals surface area contributed by atoms with Gasteiger partial charge in [-0.1, -0.05) is 0 Å². The van der Waals surface area contributed by atoms with E-state index < -0.39 is 0 Å². The molecule has 14 heavy (non-hydrogen) atoms. The van der Waals surface area contributed by atoms with Gasteiger partial charge in [-0.15, -0.1) is 0 Å². The SMILES string of the molecule is COc1c(C)c(C)nc2n[nH]c(C)c12. The summed E-state index contributed by atoms with van der Waals surface area (Å²) in [4.78, 5) is 4.38. The van der Waals surface area contributed by atoms with Gasteiger partial charge in [-0.25, -0.2) is 4.98 Å². The lowest BCUT2D eigenvalue weighted by Gasteiger charge is -2.07. The molecule has 0 saturated carbocycles. The molecule has 0 aliphatic rings. The molecule has 0 atom stereocenters. The Hall–Kier alpha value is -1.58. The van der Waals surface area contributed by atoms with Crippen LogP contribution in [0, 0.1) is 20.8 Å². The summed E-state index contributed by atoms with van der Waals surface area (Å²) in [7, 11) is 1.67. The zero-order valence-electron chi connectivity index (χ0n) is 8.80. The van der Waals surface area contributed by atoms with Crippen molar-refractivity contribution in [2.75, 3.05) is 7.11 Å². The number of hydrogen-bond acceptors (Lipinski definition) is 3. The van der Waals surface area contributed by atoms with E-state index in [9.17, 15) is 0 Å². The molecular weight excluding hydrogens is 178 g/mol. The van der Waals surface area contributed by atoms with E-state index in [-0.39, 0.29) is 0 Å². The fraction of sp³-hybridized carbons (Fsp3) is 0.400. The number of fused-ring (bicyclic) bond motifs is 1. The summed E-state index contributed by atoms with van der Waals surface area (Å²) < 4.78 is 5.38. The molecule has 0 saturated heterocycles. The maximum absolute atomic E-state index is 5.38. The van der Waals surface area contributed by atoms with E-state index in [1.165, 1.54) is 0 Å². The van der Waals surface area contributed by atoms with E-state index in [2.05, 4.69) is 15.2 Å². The second kappa shape index (κ2) is 2.97. The minimum absolute atomic E-state index is 0.724. The van der Waals surface area contributed by atoms with Crippen LogP contribution in [0.2, 0.25) is 0 Å². The summed E-state index contributed by atoms with van der Waals surface area (Å²) in [5.74, 6) is 0.874. The van der Waals surface area contributed by atoms with Crippen molar-refractivity contribution < 1.29 is 4.74 Å². The molecule has 0 fully saturated rings. The maximum Gasteiger partial charge on any atom is 0.185 e. The van der Waals surface area contributed by atoms with E-state index in [4.69, 9.17) is 4.74 Å². The lowest BCUT2D eigenvalue weighted by molar-refractivity contribution is 0.416. The van der Waals surface area contributed by atoms with Gasteiger partial charge >= 0.3 is 0 Å². The quantitative estimate of drug-likeness (QED) is 0.748. The summed E-state index contributed by atoms with van der Waals surface area (Å²) in [5, 5.41) is 8.01. The van der Waals surface area contributed by atoms with Crippen LogP contribution in [0.1, 0.15) is 17.0 Å².